The van der Waals surface area contributed by atoms with Gasteiger partial charge >= 0.3 is 5.97 Å². The summed E-state index contributed by atoms with van der Waals surface area (Å²) in [5.74, 6) is 1.46. The van der Waals surface area contributed by atoms with Gasteiger partial charge in [-0.1, -0.05) is 12.1 Å². The van der Waals surface area contributed by atoms with E-state index in [9.17, 15) is 9.59 Å². The van der Waals surface area contributed by atoms with E-state index < -0.39 is 0 Å². The van der Waals surface area contributed by atoms with Crippen LogP contribution in [0.3, 0.4) is 0 Å². The summed E-state index contributed by atoms with van der Waals surface area (Å²) >= 11 is 3.06. The Kier molecular flexibility index (Phi) is 5.91. The number of nitrogens with zero attached hydrogens (tertiary/aromatic N) is 2. The average molecular weight is 430 g/mol. The number of hydrogen-bond donors (Lipinski definition) is 1. The van der Waals surface area contributed by atoms with Crippen molar-refractivity contribution >= 4 is 51.0 Å². The Morgan fingerprint density at radius 3 is 2.86 bits per heavy atom. The number of ether oxygens (including phenoxy) is 1. The molecule has 4 rings (SSSR count). The van der Waals surface area contributed by atoms with Gasteiger partial charge < -0.3 is 14.6 Å². The second-order valence-electron chi connectivity index (χ2n) is 6.97. The highest BCUT2D eigenvalue weighted by Crippen LogP contribution is 2.46. The number of anilines is 1. The molecule has 8 heteroatoms. The molecule has 0 saturated heterocycles. The van der Waals surface area contributed by atoms with E-state index in [0.29, 0.717) is 23.1 Å². The normalized spacial score (nSPS) is 13.6. The van der Waals surface area contributed by atoms with E-state index in [0.717, 1.165) is 41.0 Å². The first kappa shape index (κ1) is 20.0. The first-order chi connectivity index (χ1) is 14.1. The molecule has 1 amide bonds. The maximum Gasteiger partial charge on any atom is 0.341 e. The van der Waals surface area contributed by atoms with Gasteiger partial charge in [0.2, 0.25) is 5.91 Å². The van der Waals surface area contributed by atoms with E-state index in [2.05, 4.69) is 10.3 Å². The van der Waals surface area contributed by atoms with Gasteiger partial charge in [-0.15, -0.1) is 11.3 Å². The molecule has 1 fully saturated rings. The highest BCUT2D eigenvalue weighted by Gasteiger charge is 2.32. The minimum Gasteiger partial charge on any atom is -0.462 e. The monoisotopic (exact) mass is 429 g/mol. The molecule has 1 aliphatic carbocycles. The molecule has 1 aromatic carbocycles. The lowest BCUT2D eigenvalue weighted by Crippen LogP contribution is -2.21. The Bertz CT molecular complexity index is 1050. The Hall–Kier alpha value is -2.32. The molecular formula is C21H23N3O3S2. The quantitative estimate of drug-likeness (QED) is 0.528. The Balaban J connectivity index is 1.59. The first-order valence-corrected chi connectivity index (χ1v) is 11.9. The number of fused-ring (bicyclic) bond motifs is 1. The third-order valence-electron chi connectivity index (χ3n) is 4.88. The maximum atomic E-state index is 12.9. The van der Waals surface area contributed by atoms with Crippen LogP contribution in [0, 0.1) is 0 Å². The summed E-state index contributed by atoms with van der Waals surface area (Å²) in [4.78, 5) is 30.1. The number of imidazole rings is 1. The number of thiophene rings is 1. The molecule has 1 saturated carbocycles. The summed E-state index contributed by atoms with van der Waals surface area (Å²) in [6.45, 7) is 2.25. The number of aromatic nitrogens is 2. The lowest BCUT2D eigenvalue weighted by atomic mass is 10.1. The van der Waals surface area contributed by atoms with Crippen molar-refractivity contribution in [2.45, 2.75) is 38.0 Å². The van der Waals surface area contributed by atoms with Crippen molar-refractivity contribution in [1.82, 2.24) is 9.55 Å². The molecule has 0 radical (unpaired) electrons. The molecule has 29 heavy (non-hydrogen) atoms. The van der Waals surface area contributed by atoms with Crippen LogP contribution in [-0.2, 0) is 21.8 Å². The third-order valence-corrected chi connectivity index (χ3v) is 6.34. The fourth-order valence-electron chi connectivity index (χ4n) is 3.42. The highest BCUT2D eigenvalue weighted by atomic mass is 32.2. The molecule has 2 heterocycles. The number of thioether (sulfide) groups is 1. The lowest BCUT2D eigenvalue weighted by molar-refractivity contribution is -0.116. The molecule has 1 N–H and O–H groups in total. The summed E-state index contributed by atoms with van der Waals surface area (Å²) in [6.07, 6.45) is 4.17. The number of carbonyl (C=O) groups excluding carboxylic acids is 2. The third kappa shape index (κ3) is 4.18. The second-order valence-corrected chi connectivity index (χ2v) is 8.72. The van der Waals surface area contributed by atoms with Gasteiger partial charge in [0.15, 0.2) is 0 Å². The SMILES string of the molecule is CCOC(=O)c1c(C2CC2)csc1NC(=O)Cn1c(CSC)nc2ccccc21. The van der Waals surface area contributed by atoms with Gasteiger partial charge in [0.05, 0.1) is 29.0 Å². The van der Waals surface area contributed by atoms with Crippen LogP contribution in [0.4, 0.5) is 5.00 Å². The van der Waals surface area contributed by atoms with Crippen LogP contribution in [0.25, 0.3) is 11.0 Å². The first-order valence-electron chi connectivity index (χ1n) is 9.63. The highest BCUT2D eigenvalue weighted by molar-refractivity contribution is 7.97. The lowest BCUT2D eigenvalue weighted by Gasteiger charge is -2.11. The van der Waals surface area contributed by atoms with E-state index in [4.69, 9.17) is 4.74 Å². The van der Waals surface area contributed by atoms with Crippen LogP contribution in [-0.4, -0.2) is 34.3 Å². The van der Waals surface area contributed by atoms with Gasteiger partial charge in [-0.25, -0.2) is 9.78 Å². The summed E-state index contributed by atoms with van der Waals surface area (Å²) in [5.41, 5.74) is 3.33. The fourth-order valence-corrected chi connectivity index (χ4v) is 4.95. The maximum absolute atomic E-state index is 12.9. The van der Waals surface area contributed by atoms with Crippen molar-refractivity contribution in [2.75, 3.05) is 18.2 Å². The van der Waals surface area contributed by atoms with Gasteiger partial charge in [0, 0.05) is 0 Å². The van der Waals surface area contributed by atoms with Gasteiger partial charge in [-0.2, -0.15) is 11.8 Å². The minimum absolute atomic E-state index is 0.148. The van der Waals surface area contributed by atoms with Crippen molar-refractivity contribution in [3.63, 3.8) is 0 Å². The summed E-state index contributed by atoms with van der Waals surface area (Å²) < 4.78 is 7.19. The van der Waals surface area contributed by atoms with E-state index in [1.54, 1.807) is 18.7 Å². The average Bonchev–Trinajstić information content (AvgIpc) is 3.38. The van der Waals surface area contributed by atoms with Crippen molar-refractivity contribution < 1.29 is 14.3 Å². The predicted molar refractivity (Wildman–Crippen MR) is 118 cm³/mol. The van der Waals surface area contributed by atoms with Crippen LogP contribution >= 0.6 is 23.1 Å². The van der Waals surface area contributed by atoms with E-state index in [1.807, 2.05) is 40.5 Å². The minimum atomic E-state index is -0.359. The van der Waals surface area contributed by atoms with Crippen molar-refractivity contribution in [3.8, 4) is 0 Å². The van der Waals surface area contributed by atoms with Crippen LogP contribution in [0.5, 0.6) is 0 Å². The molecule has 0 atom stereocenters. The number of rotatable bonds is 8. The van der Waals surface area contributed by atoms with Crippen LogP contribution in [0.2, 0.25) is 0 Å². The number of amides is 1. The molecule has 0 unspecified atom stereocenters. The van der Waals surface area contributed by atoms with Crippen molar-refractivity contribution in [1.29, 1.82) is 0 Å². The Labute approximate surface area is 177 Å². The molecule has 2 aromatic heterocycles. The summed E-state index contributed by atoms with van der Waals surface area (Å²) in [6, 6.07) is 7.81. The molecule has 6 nitrogen and oxygen atoms in total. The standard InChI is InChI=1S/C21H23N3O3S2/c1-3-27-21(26)19-14(13-8-9-13)11-29-20(19)23-18(25)10-24-16-7-5-4-6-15(16)22-17(24)12-28-2/h4-7,11,13H,3,8-10,12H2,1-2H3,(H,23,25). The Morgan fingerprint density at radius 2 is 2.14 bits per heavy atom. The second kappa shape index (κ2) is 8.59. The van der Waals surface area contributed by atoms with Crippen LogP contribution in [0.15, 0.2) is 29.6 Å². The number of nitrogens with one attached hydrogen (secondary N) is 1. The molecule has 152 valence electrons. The molecule has 1 aliphatic rings. The van der Waals surface area contributed by atoms with E-state index >= 15 is 0 Å². The molecule has 0 aliphatic heterocycles. The van der Waals surface area contributed by atoms with E-state index in [-0.39, 0.29) is 18.4 Å². The molecule has 0 bridgehead atoms. The number of hydrogen-bond acceptors (Lipinski definition) is 6. The van der Waals surface area contributed by atoms with Gasteiger partial charge in [0.1, 0.15) is 17.4 Å². The molecular weight excluding hydrogens is 406 g/mol. The van der Waals surface area contributed by atoms with Crippen molar-refractivity contribution in [3.05, 3.63) is 46.6 Å². The number of carbonyl (C=O) groups is 2. The van der Waals surface area contributed by atoms with Crippen LogP contribution < -0.4 is 5.32 Å². The van der Waals surface area contributed by atoms with Crippen LogP contribution in [0.1, 0.15) is 47.4 Å². The topological polar surface area (TPSA) is 73.2 Å². The zero-order valence-electron chi connectivity index (χ0n) is 16.4. The van der Waals surface area contributed by atoms with Gasteiger partial charge in [-0.05, 0) is 55.0 Å². The number of benzene rings is 1. The van der Waals surface area contributed by atoms with Crippen molar-refractivity contribution in [2.24, 2.45) is 0 Å². The van der Waals surface area contributed by atoms with Gasteiger partial charge in [0.25, 0.3) is 0 Å². The predicted octanol–water partition coefficient (Wildman–Crippen LogP) is 4.65. The number of esters is 1. The summed E-state index contributed by atoms with van der Waals surface area (Å²) in [5, 5.41) is 5.50. The van der Waals surface area contributed by atoms with Gasteiger partial charge in [-0.3, -0.25) is 4.79 Å². The number of para-hydroxylation sites is 2. The molecule has 0 spiro atoms. The zero-order chi connectivity index (χ0) is 20.4. The molecule has 3 aromatic rings. The smallest absolute Gasteiger partial charge is 0.341 e. The fraction of sp³-hybridized carbons (Fsp3) is 0.381. The zero-order valence-corrected chi connectivity index (χ0v) is 18.1. The summed E-state index contributed by atoms with van der Waals surface area (Å²) in [7, 11) is 0. The van der Waals surface area contributed by atoms with E-state index in [1.165, 1.54) is 11.3 Å². The Morgan fingerprint density at radius 1 is 1.34 bits per heavy atom. The largest absolute Gasteiger partial charge is 0.462 e.